The standard InChI is InChI=1S/C10H14N2O5/c1-4-2-11-10-12(8(4)15)9-7(17-10)6(14)5(3-13)16-9/h2,5-7,9-11,13-14H,3H2,1H3/t5-,6-,7+,9-,10?/m0/s1. The maximum Gasteiger partial charge on any atom is 0.256 e. The topological polar surface area (TPSA) is 91.3 Å². The first kappa shape index (κ1) is 11.0. The fraction of sp³-hybridized carbons (Fsp3) is 0.700. The lowest BCUT2D eigenvalue weighted by Gasteiger charge is -2.31. The lowest BCUT2D eigenvalue weighted by molar-refractivity contribution is -0.154. The molecule has 2 saturated heterocycles. The van der Waals surface area contributed by atoms with Crippen LogP contribution in [-0.4, -0.2) is 58.5 Å². The molecule has 94 valence electrons. The second kappa shape index (κ2) is 3.67. The summed E-state index contributed by atoms with van der Waals surface area (Å²) in [6, 6.07) is 0. The van der Waals surface area contributed by atoms with Gasteiger partial charge in [-0.25, -0.2) is 0 Å². The number of rotatable bonds is 1. The minimum absolute atomic E-state index is 0.188. The van der Waals surface area contributed by atoms with Gasteiger partial charge in [-0.3, -0.25) is 9.69 Å². The maximum absolute atomic E-state index is 12.0. The van der Waals surface area contributed by atoms with E-state index >= 15 is 0 Å². The molecule has 0 spiro atoms. The van der Waals surface area contributed by atoms with Crippen molar-refractivity contribution in [2.75, 3.05) is 6.61 Å². The molecule has 0 aromatic heterocycles. The van der Waals surface area contributed by atoms with Crippen molar-refractivity contribution in [3.05, 3.63) is 11.8 Å². The lowest BCUT2D eigenvalue weighted by Crippen LogP contribution is -2.51. The first-order valence-electron chi connectivity index (χ1n) is 5.49. The van der Waals surface area contributed by atoms with Crippen molar-refractivity contribution >= 4 is 5.91 Å². The van der Waals surface area contributed by atoms with Gasteiger partial charge in [-0.2, -0.15) is 0 Å². The molecule has 0 aromatic carbocycles. The van der Waals surface area contributed by atoms with Gasteiger partial charge in [0.1, 0.15) is 18.3 Å². The Hall–Kier alpha value is -1.15. The molecule has 17 heavy (non-hydrogen) atoms. The number of aliphatic hydroxyl groups excluding tert-OH is 2. The van der Waals surface area contributed by atoms with Crippen LogP contribution >= 0.6 is 0 Å². The summed E-state index contributed by atoms with van der Waals surface area (Å²) in [5.41, 5.74) is 0.552. The van der Waals surface area contributed by atoms with Crippen LogP contribution in [0.2, 0.25) is 0 Å². The van der Waals surface area contributed by atoms with E-state index in [1.54, 1.807) is 13.1 Å². The number of aliphatic hydroxyl groups is 2. The van der Waals surface area contributed by atoms with Gasteiger partial charge < -0.3 is 25.0 Å². The van der Waals surface area contributed by atoms with E-state index in [-0.39, 0.29) is 12.5 Å². The van der Waals surface area contributed by atoms with E-state index < -0.39 is 30.9 Å². The first-order valence-corrected chi connectivity index (χ1v) is 5.49. The number of carbonyl (C=O) groups excluding carboxylic acids is 1. The van der Waals surface area contributed by atoms with E-state index in [4.69, 9.17) is 14.6 Å². The average Bonchev–Trinajstić information content (AvgIpc) is 2.82. The molecule has 0 bridgehead atoms. The molecule has 0 aromatic rings. The number of amides is 1. The molecule has 3 aliphatic rings. The predicted octanol–water partition coefficient (Wildman–Crippen LogP) is -1.92. The van der Waals surface area contributed by atoms with Gasteiger partial charge in [0.05, 0.1) is 6.61 Å². The Bertz CT molecular complexity index is 385. The van der Waals surface area contributed by atoms with E-state index in [2.05, 4.69) is 5.32 Å². The summed E-state index contributed by atoms with van der Waals surface area (Å²) in [5.74, 6) is -0.188. The van der Waals surface area contributed by atoms with Crippen molar-refractivity contribution in [3.8, 4) is 0 Å². The summed E-state index contributed by atoms with van der Waals surface area (Å²) in [4.78, 5) is 13.4. The van der Waals surface area contributed by atoms with Gasteiger partial charge in [0, 0.05) is 11.8 Å². The van der Waals surface area contributed by atoms with Crippen molar-refractivity contribution in [3.63, 3.8) is 0 Å². The summed E-state index contributed by atoms with van der Waals surface area (Å²) in [5, 5.41) is 21.8. The molecule has 0 saturated carbocycles. The van der Waals surface area contributed by atoms with Crippen molar-refractivity contribution in [1.82, 2.24) is 10.2 Å². The smallest absolute Gasteiger partial charge is 0.256 e. The summed E-state index contributed by atoms with van der Waals surface area (Å²) >= 11 is 0. The summed E-state index contributed by atoms with van der Waals surface area (Å²) in [6.07, 6.45) is -1.91. The Morgan fingerprint density at radius 1 is 1.53 bits per heavy atom. The Labute approximate surface area is 97.6 Å². The summed E-state index contributed by atoms with van der Waals surface area (Å²) < 4.78 is 11.0. The number of carbonyl (C=O) groups is 1. The second-order valence-electron chi connectivity index (χ2n) is 4.40. The third-order valence-electron chi connectivity index (χ3n) is 3.32. The van der Waals surface area contributed by atoms with E-state index in [1.165, 1.54) is 4.90 Å². The van der Waals surface area contributed by atoms with Crippen LogP contribution in [0, 0.1) is 0 Å². The summed E-state index contributed by atoms with van der Waals surface area (Å²) in [6.45, 7) is 1.39. The van der Waals surface area contributed by atoms with Crippen molar-refractivity contribution in [2.45, 2.75) is 37.8 Å². The molecule has 0 aliphatic carbocycles. The van der Waals surface area contributed by atoms with Gasteiger partial charge >= 0.3 is 0 Å². The van der Waals surface area contributed by atoms with Crippen LogP contribution in [0.5, 0.6) is 0 Å². The lowest BCUT2D eigenvalue weighted by atomic mass is 10.1. The highest BCUT2D eigenvalue weighted by Gasteiger charge is 2.57. The highest BCUT2D eigenvalue weighted by molar-refractivity contribution is 5.94. The van der Waals surface area contributed by atoms with E-state index in [0.29, 0.717) is 5.57 Å². The first-order chi connectivity index (χ1) is 8.13. The predicted molar refractivity (Wildman–Crippen MR) is 54.2 cm³/mol. The van der Waals surface area contributed by atoms with Gasteiger partial charge in [0.2, 0.25) is 6.35 Å². The third kappa shape index (κ3) is 1.40. The van der Waals surface area contributed by atoms with Crippen molar-refractivity contribution in [2.24, 2.45) is 0 Å². The van der Waals surface area contributed by atoms with Gasteiger partial charge in [0.25, 0.3) is 5.91 Å². The van der Waals surface area contributed by atoms with E-state index in [1.807, 2.05) is 0 Å². The minimum Gasteiger partial charge on any atom is -0.394 e. The van der Waals surface area contributed by atoms with Gasteiger partial charge in [0.15, 0.2) is 6.23 Å². The Balaban J connectivity index is 1.87. The largest absolute Gasteiger partial charge is 0.394 e. The van der Waals surface area contributed by atoms with Crippen molar-refractivity contribution in [1.29, 1.82) is 0 Å². The van der Waals surface area contributed by atoms with Crippen LogP contribution in [0.4, 0.5) is 0 Å². The molecule has 3 N–H and O–H groups in total. The zero-order valence-corrected chi connectivity index (χ0v) is 9.24. The quantitative estimate of drug-likeness (QED) is 0.496. The third-order valence-corrected chi connectivity index (χ3v) is 3.32. The normalized spacial score (nSPS) is 44.2. The molecule has 2 fully saturated rings. The maximum atomic E-state index is 12.0. The van der Waals surface area contributed by atoms with Gasteiger partial charge in [-0.05, 0) is 6.92 Å². The molecule has 5 atom stereocenters. The molecule has 3 rings (SSSR count). The Morgan fingerprint density at radius 2 is 2.29 bits per heavy atom. The minimum atomic E-state index is -0.925. The van der Waals surface area contributed by atoms with Gasteiger partial charge in [-0.1, -0.05) is 0 Å². The fourth-order valence-electron chi connectivity index (χ4n) is 2.39. The zero-order chi connectivity index (χ0) is 12.2. The number of hydrogen-bond donors (Lipinski definition) is 3. The number of nitrogens with one attached hydrogen (secondary N) is 1. The summed E-state index contributed by atoms with van der Waals surface area (Å²) in [7, 11) is 0. The van der Waals surface area contributed by atoms with Gasteiger partial charge in [-0.15, -0.1) is 0 Å². The SMILES string of the molecule is CC1=CNC2O[C@@H]3[C@@H](O)[C@H](CO)O[C@@H]3N2C1=O. The molecule has 0 radical (unpaired) electrons. The molecule has 1 amide bonds. The molecule has 7 heteroatoms. The fourth-order valence-corrected chi connectivity index (χ4v) is 2.39. The number of nitrogens with zero attached hydrogens (tertiary/aromatic N) is 1. The number of hydrogen-bond acceptors (Lipinski definition) is 6. The van der Waals surface area contributed by atoms with Crippen LogP contribution < -0.4 is 5.32 Å². The second-order valence-corrected chi connectivity index (χ2v) is 4.40. The van der Waals surface area contributed by atoms with Crippen molar-refractivity contribution < 1.29 is 24.5 Å². The number of fused-ring (bicyclic) bond motifs is 3. The van der Waals surface area contributed by atoms with Crippen LogP contribution in [0.1, 0.15) is 6.92 Å². The molecule has 1 unspecified atom stereocenters. The average molecular weight is 242 g/mol. The molecule has 3 heterocycles. The monoisotopic (exact) mass is 242 g/mol. The highest BCUT2D eigenvalue weighted by atomic mass is 16.6. The van der Waals surface area contributed by atoms with Crippen LogP contribution in [0.15, 0.2) is 11.8 Å². The molecular formula is C10H14N2O5. The molecular weight excluding hydrogens is 228 g/mol. The van der Waals surface area contributed by atoms with Crippen LogP contribution in [0.25, 0.3) is 0 Å². The Kier molecular flexibility index (Phi) is 2.37. The highest BCUT2D eigenvalue weighted by Crippen LogP contribution is 2.35. The Morgan fingerprint density at radius 3 is 3.00 bits per heavy atom. The zero-order valence-electron chi connectivity index (χ0n) is 9.24. The number of ether oxygens (including phenoxy) is 2. The molecule has 3 aliphatic heterocycles. The molecule has 7 nitrogen and oxygen atoms in total. The van der Waals surface area contributed by atoms with E-state index in [9.17, 15) is 9.90 Å². The van der Waals surface area contributed by atoms with Crippen LogP contribution in [0.3, 0.4) is 0 Å². The van der Waals surface area contributed by atoms with Crippen LogP contribution in [-0.2, 0) is 14.3 Å². The van der Waals surface area contributed by atoms with E-state index in [0.717, 1.165) is 0 Å².